The molecule has 0 aromatic carbocycles. The molecule has 3 atom stereocenters. The Morgan fingerprint density at radius 1 is 1.42 bits per heavy atom. The van der Waals surface area contributed by atoms with Crippen molar-refractivity contribution in [2.24, 2.45) is 0 Å². The Kier molecular flexibility index (Phi) is 1.75. The summed E-state index contributed by atoms with van der Waals surface area (Å²) in [6.07, 6.45) is 3.89. The maximum atomic E-state index is 9.52. The van der Waals surface area contributed by atoms with E-state index < -0.39 is 11.9 Å². The summed E-state index contributed by atoms with van der Waals surface area (Å²) in [6.45, 7) is 3.75. The van der Waals surface area contributed by atoms with E-state index in [0.29, 0.717) is 0 Å². The zero-order valence-corrected chi connectivity index (χ0v) is 7.36. The van der Waals surface area contributed by atoms with Crippen LogP contribution in [0.5, 0.6) is 0 Å². The highest BCUT2D eigenvalue weighted by Crippen LogP contribution is 2.34. The van der Waals surface area contributed by atoms with Gasteiger partial charge in [0.05, 0.1) is 6.10 Å². The van der Waals surface area contributed by atoms with Crippen LogP contribution in [-0.2, 0) is 9.47 Å². The molecule has 0 amide bonds. The van der Waals surface area contributed by atoms with Gasteiger partial charge in [-0.1, -0.05) is 12.2 Å². The molecule has 1 heterocycles. The molecular formula is C9H14O3. The van der Waals surface area contributed by atoms with Crippen LogP contribution in [-0.4, -0.2) is 29.2 Å². The third-order valence-corrected chi connectivity index (χ3v) is 2.26. The van der Waals surface area contributed by atoms with Gasteiger partial charge in [0.25, 0.3) is 0 Å². The van der Waals surface area contributed by atoms with Crippen molar-refractivity contribution in [1.29, 1.82) is 0 Å². The van der Waals surface area contributed by atoms with Crippen molar-refractivity contribution >= 4 is 0 Å². The molecule has 0 aromatic heterocycles. The second-order valence-corrected chi connectivity index (χ2v) is 3.79. The smallest absolute Gasteiger partial charge is 0.163 e. The number of hydrogen-bond acceptors (Lipinski definition) is 3. The van der Waals surface area contributed by atoms with E-state index in [0.717, 1.165) is 6.42 Å². The second-order valence-electron chi connectivity index (χ2n) is 3.79. The molecule has 12 heavy (non-hydrogen) atoms. The van der Waals surface area contributed by atoms with Crippen molar-refractivity contribution in [2.75, 3.05) is 0 Å². The zero-order chi connectivity index (χ0) is 8.77. The minimum absolute atomic E-state index is 0.0278. The van der Waals surface area contributed by atoms with Crippen molar-refractivity contribution < 1.29 is 14.6 Å². The van der Waals surface area contributed by atoms with Crippen molar-refractivity contribution in [3.05, 3.63) is 12.2 Å². The van der Waals surface area contributed by atoms with E-state index in [1.807, 2.05) is 19.9 Å². The Balaban J connectivity index is 2.15. The number of fused-ring (bicyclic) bond motifs is 1. The molecular weight excluding hydrogens is 156 g/mol. The van der Waals surface area contributed by atoms with E-state index in [-0.39, 0.29) is 12.2 Å². The van der Waals surface area contributed by atoms with Gasteiger partial charge in [-0.3, -0.25) is 0 Å². The van der Waals surface area contributed by atoms with Crippen LogP contribution in [0.4, 0.5) is 0 Å². The predicted molar refractivity (Wildman–Crippen MR) is 43.6 cm³/mol. The average Bonchev–Trinajstić information content (AvgIpc) is 2.25. The van der Waals surface area contributed by atoms with E-state index in [4.69, 9.17) is 9.47 Å². The Bertz CT molecular complexity index is 210. The molecule has 1 fully saturated rings. The maximum absolute atomic E-state index is 9.52. The summed E-state index contributed by atoms with van der Waals surface area (Å²) in [4.78, 5) is 0. The van der Waals surface area contributed by atoms with E-state index in [1.165, 1.54) is 0 Å². The van der Waals surface area contributed by atoms with Crippen LogP contribution in [0.3, 0.4) is 0 Å². The fourth-order valence-corrected chi connectivity index (χ4v) is 1.80. The summed E-state index contributed by atoms with van der Waals surface area (Å²) in [5.41, 5.74) is 0. The zero-order valence-electron chi connectivity index (χ0n) is 7.36. The highest BCUT2D eigenvalue weighted by Gasteiger charge is 2.44. The van der Waals surface area contributed by atoms with E-state index in [1.54, 1.807) is 6.08 Å². The summed E-state index contributed by atoms with van der Waals surface area (Å²) in [7, 11) is 0. The number of ether oxygens (including phenoxy) is 2. The van der Waals surface area contributed by atoms with Gasteiger partial charge < -0.3 is 14.6 Å². The van der Waals surface area contributed by atoms with Gasteiger partial charge in [-0.25, -0.2) is 0 Å². The standard InChI is InChI=1S/C9H14O3/c1-9(2)11-7-5-3-4-6(10)8(7)12-9/h3-4,6-8,10H,5H2,1-2H3/t6?,7-,8+/m1/s1. The lowest BCUT2D eigenvalue weighted by atomic mass is 9.99. The summed E-state index contributed by atoms with van der Waals surface area (Å²) in [5, 5.41) is 9.52. The molecule has 1 aliphatic carbocycles. The van der Waals surface area contributed by atoms with Crippen LogP contribution >= 0.6 is 0 Å². The fraction of sp³-hybridized carbons (Fsp3) is 0.778. The van der Waals surface area contributed by atoms with Gasteiger partial charge in [0, 0.05) is 0 Å². The molecule has 0 radical (unpaired) electrons. The van der Waals surface area contributed by atoms with Gasteiger partial charge in [0.2, 0.25) is 0 Å². The molecule has 0 bridgehead atoms. The number of aliphatic hydroxyl groups excluding tert-OH is 1. The molecule has 1 N–H and O–H groups in total. The van der Waals surface area contributed by atoms with Crippen LogP contribution in [0.2, 0.25) is 0 Å². The van der Waals surface area contributed by atoms with Gasteiger partial charge in [0.15, 0.2) is 5.79 Å². The normalized spacial score (nSPS) is 44.4. The first-order chi connectivity index (χ1) is 5.58. The Hall–Kier alpha value is -0.380. The third-order valence-electron chi connectivity index (χ3n) is 2.26. The highest BCUT2D eigenvalue weighted by molar-refractivity contribution is 5.05. The first-order valence-corrected chi connectivity index (χ1v) is 4.29. The van der Waals surface area contributed by atoms with Crippen molar-refractivity contribution in [3.8, 4) is 0 Å². The summed E-state index contributed by atoms with van der Waals surface area (Å²) < 4.78 is 11.1. The molecule has 1 aliphatic heterocycles. The Morgan fingerprint density at radius 2 is 2.17 bits per heavy atom. The van der Waals surface area contributed by atoms with Gasteiger partial charge in [-0.15, -0.1) is 0 Å². The molecule has 0 spiro atoms. The van der Waals surface area contributed by atoms with E-state index in [2.05, 4.69) is 0 Å². The fourth-order valence-electron chi connectivity index (χ4n) is 1.80. The predicted octanol–water partition coefficient (Wildman–Crippen LogP) is 0.827. The first-order valence-electron chi connectivity index (χ1n) is 4.29. The summed E-state index contributed by atoms with van der Waals surface area (Å²) in [5.74, 6) is -0.539. The van der Waals surface area contributed by atoms with E-state index in [9.17, 15) is 5.11 Å². The Morgan fingerprint density at radius 3 is 2.83 bits per heavy atom. The van der Waals surface area contributed by atoms with E-state index >= 15 is 0 Å². The topological polar surface area (TPSA) is 38.7 Å². The van der Waals surface area contributed by atoms with Crippen LogP contribution in [0, 0.1) is 0 Å². The van der Waals surface area contributed by atoms with Crippen molar-refractivity contribution in [3.63, 3.8) is 0 Å². The molecule has 1 unspecified atom stereocenters. The van der Waals surface area contributed by atoms with Gasteiger partial charge in [0.1, 0.15) is 12.2 Å². The average molecular weight is 170 g/mol. The Labute approximate surface area is 72.0 Å². The van der Waals surface area contributed by atoms with Gasteiger partial charge >= 0.3 is 0 Å². The molecule has 3 heteroatoms. The molecule has 1 saturated heterocycles. The third kappa shape index (κ3) is 1.28. The molecule has 2 rings (SSSR count). The molecule has 0 saturated carbocycles. The lowest BCUT2D eigenvalue weighted by molar-refractivity contribution is -0.151. The molecule has 3 nitrogen and oxygen atoms in total. The highest BCUT2D eigenvalue weighted by atomic mass is 16.8. The lowest BCUT2D eigenvalue weighted by Crippen LogP contribution is -2.36. The maximum Gasteiger partial charge on any atom is 0.163 e. The van der Waals surface area contributed by atoms with Gasteiger partial charge in [-0.05, 0) is 20.3 Å². The quantitative estimate of drug-likeness (QED) is 0.547. The minimum Gasteiger partial charge on any atom is -0.386 e. The molecule has 68 valence electrons. The summed E-state index contributed by atoms with van der Waals surface area (Å²) in [6, 6.07) is 0. The van der Waals surface area contributed by atoms with Crippen LogP contribution < -0.4 is 0 Å². The first kappa shape index (κ1) is 8.23. The number of rotatable bonds is 0. The lowest BCUT2D eigenvalue weighted by Gasteiger charge is -2.22. The van der Waals surface area contributed by atoms with Crippen LogP contribution in [0.25, 0.3) is 0 Å². The molecule has 2 aliphatic rings. The van der Waals surface area contributed by atoms with Crippen molar-refractivity contribution in [1.82, 2.24) is 0 Å². The summed E-state index contributed by atoms with van der Waals surface area (Å²) >= 11 is 0. The number of aliphatic hydroxyl groups is 1. The van der Waals surface area contributed by atoms with Crippen LogP contribution in [0.15, 0.2) is 12.2 Å². The van der Waals surface area contributed by atoms with Crippen LogP contribution in [0.1, 0.15) is 20.3 Å². The SMILES string of the molecule is CC1(C)O[C@@H]2CC=CC(O)[C@@H]2O1. The monoisotopic (exact) mass is 170 g/mol. The largest absolute Gasteiger partial charge is 0.386 e. The number of hydrogen-bond donors (Lipinski definition) is 1. The second kappa shape index (κ2) is 2.55. The molecule has 0 aromatic rings. The van der Waals surface area contributed by atoms with Gasteiger partial charge in [-0.2, -0.15) is 0 Å². The minimum atomic E-state index is -0.539. The van der Waals surface area contributed by atoms with Crippen molar-refractivity contribution in [2.45, 2.75) is 44.4 Å².